The van der Waals surface area contributed by atoms with Crippen LogP contribution < -0.4 is 9.47 Å². The molecule has 102 valence electrons. The molecule has 0 aliphatic rings. The molecule has 2 heterocycles. The number of hydrogen-bond donors (Lipinski definition) is 1. The van der Waals surface area contributed by atoms with Crippen LogP contribution in [0.2, 0.25) is 0 Å². The zero-order valence-electron chi connectivity index (χ0n) is 11.0. The second-order valence-corrected chi connectivity index (χ2v) is 4.44. The smallest absolute Gasteiger partial charge is 0.242 e. The Morgan fingerprint density at radius 2 is 2.05 bits per heavy atom. The van der Waals surface area contributed by atoms with Gasteiger partial charge in [-0.05, 0) is 24.4 Å². The molecule has 0 spiro atoms. The number of methoxy groups -OCH3 is 2. The molecule has 0 fully saturated rings. The predicted octanol–water partition coefficient (Wildman–Crippen LogP) is 2.50. The molecular formula is C13H12N4O2S. The van der Waals surface area contributed by atoms with Crippen molar-refractivity contribution < 1.29 is 9.47 Å². The molecule has 6 nitrogen and oxygen atoms in total. The first-order chi connectivity index (χ1) is 9.74. The summed E-state index contributed by atoms with van der Waals surface area (Å²) in [6.45, 7) is 0. The van der Waals surface area contributed by atoms with Crippen LogP contribution in [0.5, 0.6) is 11.6 Å². The van der Waals surface area contributed by atoms with Gasteiger partial charge in [-0.3, -0.25) is 4.57 Å². The standard InChI is InChI=1S/C13H12N4O2S/c1-18-9-5-3-4-8(6-9)17-11-10(16-13(17)20)12(19-2)15-7-14-11/h3-7H,1-2H3,(H,16,20). The van der Waals surface area contributed by atoms with E-state index in [2.05, 4.69) is 15.0 Å². The molecule has 0 aliphatic carbocycles. The number of nitrogens with one attached hydrogen (secondary N) is 1. The highest BCUT2D eigenvalue weighted by Crippen LogP contribution is 2.24. The van der Waals surface area contributed by atoms with Crippen LogP contribution in [0.1, 0.15) is 0 Å². The molecule has 1 N–H and O–H groups in total. The van der Waals surface area contributed by atoms with E-state index in [0.29, 0.717) is 21.8 Å². The number of hydrogen-bond acceptors (Lipinski definition) is 5. The second-order valence-electron chi connectivity index (χ2n) is 4.05. The van der Waals surface area contributed by atoms with Gasteiger partial charge in [0.05, 0.1) is 19.9 Å². The van der Waals surface area contributed by atoms with Gasteiger partial charge in [-0.2, -0.15) is 4.98 Å². The minimum Gasteiger partial charge on any atom is -0.497 e. The Hall–Kier alpha value is -2.41. The van der Waals surface area contributed by atoms with Gasteiger partial charge in [0, 0.05) is 6.07 Å². The van der Waals surface area contributed by atoms with Crippen molar-refractivity contribution in [1.29, 1.82) is 0 Å². The summed E-state index contributed by atoms with van der Waals surface area (Å²) < 4.78 is 12.8. The van der Waals surface area contributed by atoms with E-state index in [4.69, 9.17) is 21.7 Å². The lowest BCUT2D eigenvalue weighted by molar-refractivity contribution is 0.401. The fraction of sp³-hybridized carbons (Fsp3) is 0.154. The molecule has 3 rings (SSSR count). The summed E-state index contributed by atoms with van der Waals surface area (Å²) in [7, 11) is 3.18. The van der Waals surface area contributed by atoms with Crippen LogP contribution >= 0.6 is 12.2 Å². The van der Waals surface area contributed by atoms with Gasteiger partial charge in [0.25, 0.3) is 0 Å². The number of rotatable bonds is 3. The zero-order valence-corrected chi connectivity index (χ0v) is 11.8. The third-order valence-corrected chi connectivity index (χ3v) is 3.23. The van der Waals surface area contributed by atoms with E-state index in [1.165, 1.54) is 6.33 Å². The first-order valence-electron chi connectivity index (χ1n) is 5.88. The number of H-pyrrole nitrogens is 1. The molecule has 20 heavy (non-hydrogen) atoms. The van der Waals surface area contributed by atoms with Crippen molar-refractivity contribution in [1.82, 2.24) is 19.5 Å². The molecule has 0 radical (unpaired) electrons. The molecule has 0 atom stereocenters. The number of ether oxygens (including phenoxy) is 2. The summed E-state index contributed by atoms with van der Waals surface area (Å²) in [6.07, 6.45) is 1.44. The van der Waals surface area contributed by atoms with Gasteiger partial charge in [-0.25, -0.2) is 4.98 Å². The van der Waals surface area contributed by atoms with Gasteiger partial charge in [0.15, 0.2) is 10.4 Å². The van der Waals surface area contributed by atoms with E-state index >= 15 is 0 Å². The van der Waals surface area contributed by atoms with Crippen LogP contribution in [0.3, 0.4) is 0 Å². The molecule has 0 unspecified atom stereocenters. The fourth-order valence-electron chi connectivity index (χ4n) is 2.04. The van der Waals surface area contributed by atoms with Gasteiger partial charge in [-0.1, -0.05) is 6.07 Å². The molecule has 2 aromatic heterocycles. The Balaban J connectivity index is 2.31. The fourth-order valence-corrected chi connectivity index (χ4v) is 2.34. The summed E-state index contributed by atoms with van der Waals surface area (Å²) in [5.41, 5.74) is 2.19. The number of benzene rings is 1. The van der Waals surface area contributed by atoms with Crippen molar-refractivity contribution >= 4 is 23.4 Å². The molecule has 0 bridgehead atoms. The highest BCUT2D eigenvalue weighted by atomic mass is 32.1. The number of aromatic nitrogens is 4. The third kappa shape index (κ3) is 1.92. The van der Waals surface area contributed by atoms with Gasteiger partial charge < -0.3 is 14.5 Å². The summed E-state index contributed by atoms with van der Waals surface area (Å²) in [6, 6.07) is 7.59. The van der Waals surface area contributed by atoms with Gasteiger partial charge in [0.1, 0.15) is 17.6 Å². The monoisotopic (exact) mass is 288 g/mol. The normalized spacial score (nSPS) is 10.7. The summed E-state index contributed by atoms with van der Waals surface area (Å²) >= 11 is 5.37. The largest absolute Gasteiger partial charge is 0.497 e. The average Bonchev–Trinajstić information content (AvgIpc) is 2.83. The van der Waals surface area contributed by atoms with Gasteiger partial charge in [0.2, 0.25) is 5.88 Å². The maximum atomic E-state index is 5.37. The van der Waals surface area contributed by atoms with Gasteiger partial charge in [-0.15, -0.1) is 0 Å². The van der Waals surface area contributed by atoms with Gasteiger partial charge >= 0.3 is 0 Å². The van der Waals surface area contributed by atoms with Crippen LogP contribution in [0, 0.1) is 4.77 Å². The number of nitrogens with zero attached hydrogens (tertiary/aromatic N) is 3. The lowest BCUT2D eigenvalue weighted by Crippen LogP contribution is -1.97. The third-order valence-electron chi connectivity index (χ3n) is 2.94. The highest BCUT2D eigenvalue weighted by molar-refractivity contribution is 7.71. The highest BCUT2D eigenvalue weighted by Gasteiger charge is 2.13. The Labute approximate surface area is 120 Å². The van der Waals surface area contributed by atoms with E-state index in [1.807, 2.05) is 28.8 Å². The van der Waals surface area contributed by atoms with Crippen LogP contribution in [0.15, 0.2) is 30.6 Å². The van der Waals surface area contributed by atoms with E-state index < -0.39 is 0 Å². The van der Waals surface area contributed by atoms with Crippen molar-refractivity contribution in [3.63, 3.8) is 0 Å². The minimum atomic E-state index is 0.461. The molecule has 0 amide bonds. The first kappa shape index (κ1) is 12.6. The second kappa shape index (κ2) is 4.93. The van der Waals surface area contributed by atoms with Crippen LogP contribution in [0.25, 0.3) is 16.9 Å². The molecule has 0 saturated heterocycles. The van der Waals surface area contributed by atoms with E-state index in [1.54, 1.807) is 14.2 Å². The lowest BCUT2D eigenvalue weighted by atomic mass is 10.3. The van der Waals surface area contributed by atoms with Crippen molar-refractivity contribution in [3.05, 3.63) is 35.4 Å². The SMILES string of the molecule is COc1cccc(-n2c(=S)[nH]c3c(OC)ncnc32)c1. The maximum Gasteiger partial charge on any atom is 0.242 e. The van der Waals surface area contributed by atoms with Crippen LogP contribution in [0.4, 0.5) is 0 Å². The van der Waals surface area contributed by atoms with Crippen molar-refractivity contribution in [2.24, 2.45) is 0 Å². The summed E-state index contributed by atoms with van der Waals surface area (Å²) in [5, 5.41) is 0. The van der Waals surface area contributed by atoms with Crippen LogP contribution in [-0.2, 0) is 0 Å². The topological polar surface area (TPSA) is 65.0 Å². The number of fused-ring (bicyclic) bond motifs is 1. The Morgan fingerprint density at radius 1 is 1.20 bits per heavy atom. The van der Waals surface area contributed by atoms with Crippen molar-refractivity contribution in [2.45, 2.75) is 0 Å². The van der Waals surface area contributed by atoms with E-state index in [-0.39, 0.29) is 0 Å². The predicted molar refractivity (Wildman–Crippen MR) is 77.2 cm³/mol. The Morgan fingerprint density at radius 3 is 2.80 bits per heavy atom. The molecule has 0 aliphatic heterocycles. The quantitative estimate of drug-likeness (QED) is 0.750. The molecule has 7 heteroatoms. The molecule has 0 saturated carbocycles. The van der Waals surface area contributed by atoms with Crippen molar-refractivity contribution in [3.8, 4) is 17.3 Å². The Bertz CT molecular complexity index is 825. The maximum absolute atomic E-state index is 5.37. The van der Waals surface area contributed by atoms with E-state index in [0.717, 1.165) is 11.4 Å². The zero-order chi connectivity index (χ0) is 14.1. The van der Waals surface area contributed by atoms with E-state index in [9.17, 15) is 0 Å². The molecular weight excluding hydrogens is 276 g/mol. The Kier molecular flexibility index (Phi) is 3.11. The number of imidazole rings is 1. The molecule has 1 aromatic carbocycles. The average molecular weight is 288 g/mol. The minimum absolute atomic E-state index is 0.461. The summed E-state index contributed by atoms with van der Waals surface area (Å²) in [4.78, 5) is 11.4. The first-order valence-corrected chi connectivity index (χ1v) is 6.29. The summed E-state index contributed by atoms with van der Waals surface area (Å²) in [5.74, 6) is 1.21. The molecule has 3 aromatic rings. The van der Waals surface area contributed by atoms with Crippen LogP contribution in [-0.4, -0.2) is 33.7 Å². The van der Waals surface area contributed by atoms with Crippen molar-refractivity contribution in [2.75, 3.05) is 14.2 Å². The lowest BCUT2D eigenvalue weighted by Gasteiger charge is -2.06. The number of aromatic amines is 1.